The summed E-state index contributed by atoms with van der Waals surface area (Å²) in [4.78, 5) is 13.3. The Labute approximate surface area is 111 Å². The summed E-state index contributed by atoms with van der Waals surface area (Å²) in [5.74, 6) is 1.48. The molecule has 0 aromatic heterocycles. The molecule has 1 saturated heterocycles. The standard InChI is InChI=1S/C13H16N2O4/c14-6-10-8-15(13(16)19-10)7-9-1-2-11-12(5-9)18-4-3-17-11/h1-2,5,10H,3-4,6-8,14H2. The fraction of sp³-hybridized carbons (Fsp3) is 0.462. The first-order valence-corrected chi connectivity index (χ1v) is 6.30. The number of hydrogen-bond donors (Lipinski definition) is 1. The first kappa shape index (κ1) is 12.1. The molecule has 1 atom stereocenters. The molecule has 6 nitrogen and oxygen atoms in total. The van der Waals surface area contributed by atoms with Crippen LogP contribution in [0.3, 0.4) is 0 Å². The highest BCUT2D eigenvalue weighted by Gasteiger charge is 2.30. The number of fused-ring (bicyclic) bond motifs is 1. The highest BCUT2D eigenvalue weighted by atomic mass is 16.6. The first-order valence-electron chi connectivity index (χ1n) is 6.30. The lowest BCUT2D eigenvalue weighted by Gasteiger charge is -2.20. The molecule has 0 spiro atoms. The molecule has 102 valence electrons. The van der Waals surface area contributed by atoms with Crippen LogP contribution in [-0.4, -0.2) is 43.4 Å². The fourth-order valence-electron chi connectivity index (χ4n) is 2.23. The van der Waals surface area contributed by atoms with Gasteiger partial charge < -0.3 is 24.8 Å². The van der Waals surface area contributed by atoms with Crippen molar-refractivity contribution in [3.8, 4) is 11.5 Å². The summed E-state index contributed by atoms with van der Waals surface area (Å²) in [7, 11) is 0. The number of carbonyl (C=O) groups is 1. The van der Waals surface area contributed by atoms with Crippen molar-refractivity contribution in [2.45, 2.75) is 12.6 Å². The topological polar surface area (TPSA) is 74.0 Å². The van der Waals surface area contributed by atoms with Crippen LogP contribution in [0.2, 0.25) is 0 Å². The Balaban J connectivity index is 1.71. The lowest BCUT2D eigenvalue weighted by Crippen LogP contribution is -2.27. The molecule has 0 bridgehead atoms. The Morgan fingerprint density at radius 1 is 1.26 bits per heavy atom. The van der Waals surface area contributed by atoms with Gasteiger partial charge in [-0.3, -0.25) is 0 Å². The van der Waals surface area contributed by atoms with Gasteiger partial charge >= 0.3 is 6.09 Å². The van der Waals surface area contributed by atoms with E-state index in [1.807, 2.05) is 18.2 Å². The number of hydrogen-bond acceptors (Lipinski definition) is 5. The van der Waals surface area contributed by atoms with E-state index in [0.29, 0.717) is 32.8 Å². The number of benzene rings is 1. The predicted octanol–water partition coefficient (Wildman–Crippen LogP) is 0.737. The van der Waals surface area contributed by atoms with Crippen molar-refractivity contribution in [1.82, 2.24) is 4.90 Å². The molecule has 0 radical (unpaired) electrons. The van der Waals surface area contributed by atoms with Gasteiger partial charge in [0, 0.05) is 13.1 Å². The molecule has 1 aromatic rings. The van der Waals surface area contributed by atoms with Gasteiger partial charge in [0.25, 0.3) is 0 Å². The van der Waals surface area contributed by atoms with E-state index in [-0.39, 0.29) is 12.2 Å². The lowest BCUT2D eigenvalue weighted by atomic mass is 10.2. The van der Waals surface area contributed by atoms with Crippen LogP contribution in [0.4, 0.5) is 4.79 Å². The third kappa shape index (κ3) is 2.44. The molecule has 0 saturated carbocycles. The largest absolute Gasteiger partial charge is 0.486 e. The Hall–Kier alpha value is -1.95. The molecule has 0 aliphatic carbocycles. The smallest absolute Gasteiger partial charge is 0.410 e. The van der Waals surface area contributed by atoms with Crippen molar-refractivity contribution in [3.05, 3.63) is 23.8 Å². The van der Waals surface area contributed by atoms with Gasteiger partial charge in [0.2, 0.25) is 0 Å². The molecular weight excluding hydrogens is 248 g/mol. The van der Waals surface area contributed by atoms with Gasteiger partial charge in [0.1, 0.15) is 19.3 Å². The zero-order valence-electron chi connectivity index (χ0n) is 10.5. The van der Waals surface area contributed by atoms with Gasteiger partial charge in [-0.25, -0.2) is 4.79 Å². The van der Waals surface area contributed by atoms with Gasteiger partial charge in [0.15, 0.2) is 11.5 Å². The average Bonchev–Trinajstić information content (AvgIpc) is 2.79. The van der Waals surface area contributed by atoms with E-state index in [1.165, 1.54) is 0 Å². The number of ether oxygens (including phenoxy) is 3. The summed E-state index contributed by atoms with van der Waals surface area (Å²) in [6, 6.07) is 5.69. The molecule has 2 N–H and O–H groups in total. The molecular formula is C13H16N2O4. The fourth-order valence-corrected chi connectivity index (χ4v) is 2.23. The molecule has 1 unspecified atom stereocenters. The van der Waals surface area contributed by atoms with E-state index in [4.69, 9.17) is 19.9 Å². The number of rotatable bonds is 3. The van der Waals surface area contributed by atoms with Crippen molar-refractivity contribution in [2.75, 3.05) is 26.3 Å². The van der Waals surface area contributed by atoms with Crippen LogP contribution in [0.25, 0.3) is 0 Å². The second kappa shape index (κ2) is 4.97. The third-order valence-electron chi connectivity index (χ3n) is 3.19. The van der Waals surface area contributed by atoms with Crippen LogP contribution in [0.5, 0.6) is 11.5 Å². The van der Waals surface area contributed by atoms with Gasteiger partial charge in [0.05, 0.1) is 6.54 Å². The van der Waals surface area contributed by atoms with E-state index in [0.717, 1.165) is 17.1 Å². The quantitative estimate of drug-likeness (QED) is 0.871. The van der Waals surface area contributed by atoms with E-state index in [2.05, 4.69) is 0 Å². The summed E-state index contributed by atoms with van der Waals surface area (Å²) in [5.41, 5.74) is 6.49. The Morgan fingerprint density at radius 3 is 2.79 bits per heavy atom. The second-order valence-electron chi connectivity index (χ2n) is 4.60. The highest BCUT2D eigenvalue weighted by molar-refractivity contribution is 5.70. The third-order valence-corrected chi connectivity index (χ3v) is 3.19. The summed E-state index contributed by atoms with van der Waals surface area (Å²) in [6.45, 7) is 2.50. The Kier molecular flexibility index (Phi) is 3.16. The van der Waals surface area contributed by atoms with Crippen LogP contribution in [-0.2, 0) is 11.3 Å². The number of nitrogens with two attached hydrogens (primary N) is 1. The Bertz CT molecular complexity index is 492. The van der Waals surface area contributed by atoms with E-state index < -0.39 is 0 Å². The maximum absolute atomic E-state index is 11.6. The summed E-state index contributed by atoms with van der Waals surface area (Å²) in [6.07, 6.45) is -0.518. The van der Waals surface area contributed by atoms with Gasteiger partial charge in [-0.15, -0.1) is 0 Å². The minimum absolute atomic E-state index is 0.204. The number of nitrogens with zero attached hydrogens (tertiary/aromatic N) is 1. The second-order valence-corrected chi connectivity index (χ2v) is 4.60. The first-order chi connectivity index (χ1) is 9.26. The highest BCUT2D eigenvalue weighted by Crippen LogP contribution is 2.31. The normalized spacial score (nSPS) is 21.4. The molecule has 2 aliphatic heterocycles. The van der Waals surface area contributed by atoms with Crippen molar-refractivity contribution >= 4 is 6.09 Å². The molecule has 3 rings (SSSR count). The van der Waals surface area contributed by atoms with Gasteiger partial charge in [-0.05, 0) is 17.7 Å². The van der Waals surface area contributed by atoms with Gasteiger partial charge in [-0.1, -0.05) is 6.07 Å². The molecule has 6 heteroatoms. The monoisotopic (exact) mass is 264 g/mol. The summed E-state index contributed by atoms with van der Waals surface area (Å²) >= 11 is 0. The van der Waals surface area contributed by atoms with E-state index in [1.54, 1.807) is 4.90 Å². The Morgan fingerprint density at radius 2 is 2.05 bits per heavy atom. The lowest BCUT2D eigenvalue weighted by molar-refractivity contribution is 0.134. The molecule has 2 aliphatic rings. The van der Waals surface area contributed by atoms with Crippen LogP contribution in [0.1, 0.15) is 5.56 Å². The van der Waals surface area contributed by atoms with Crippen LogP contribution in [0, 0.1) is 0 Å². The molecule has 1 fully saturated rings. The van der Waals surface area contributed by atoms with Crippen LogP contribution in [0.15, 0.2) is 18.2 Å². The van der Waals surface area contributed by atoms with Crippen molar-refractivity contribution in [3.63, 3.8) is 0 Å². The van der Waals surface area contributed by atoms with E-state index >= 15 is 0 Å². The zero-order chi connectivity index (χ0) is 13.2. The van der Waals surface area contributed by atoms with Crippen molar-refractivity contribution < 1.29 is 19.0 Å². The SMILES string of the molecule is NCC1CN(Cc2ccc3c(c2)OCCO3)C(=O)O1. The van der Waals surface area contributed by atoms with Crippen molar-refractivity contribution in [1.29, 1.82) is 0 Å². The zero-order valence-corrected chi connectivity index (χ0v) is 10.5. The molecule has 2 heterocycles. The molecule has 1 amide bonds. The van der Waals surface area contributed by atoms with Crippen LogP contribution >= 0.6 is 0 Å². The average molecular weight is 264 g/mol. The minimum atomic E-state index is -0.315. The molecule has 19 heavy (non-hydrogen) atoms. The summed E-state index contributed by atoms with van der Waals surface area (Å²) < 4.78 is 16.1. The molecule has 1 aromatic carbocycles. The number of amides is 1. The predicted molar refractivity (Wildman–Crippen MR) is 67.2 cm³/mol. The van der Waals surface area contributed by atoms with Crippen molar-refractivity contribution in [2.24, 2.45) is 5.73 Å². The summed E-state index contributed by atoms with van der Waals surface area (Å²) in [5, 5.41) is 0. The van der Waals surface area contributed by atoms with E-state index in [9.17, 15) is 4.79 Å². The maximum atomic E-state index is 11.6. The van der Waals surface area contributed by atoms with Gasteiger partial charge in [-0.2, -0.15) is 0 Å². The maximum Gasteiger partial charge on any atom is 0.410 e. The number of carbonyl (C=O) groups excluding carboxylic acids is 1. The minimum Gasteiger partial charge on any atom is -0.486 e. The van der Waals surface area contributed by atoms with Crippen LogP contribution < -0.4 is 15.2 Å². The number of cyclic esters (lactones) is 1.